The summed E-state index contributed by atoms with van der Waals surface area (Å²) in [6.45, 7) is 0.264. The molecule has 2 N–H and O–H groups in total. The van der Waals surface area contributed by atoms with E-state index in [0.717, 1.165) is 12.8 Å². The van der Waals surface area contributed by atoms with E-state index >= 15 is 0 Å². The van der Waals surface area contributed by atoms with Gasteiger partial charge in [0.25, 0.3) is 0 Å². The summed E-state index contributed by atoms with van der Waals surface area (Å²) in [5, 5.41) is 6.04. The molecule has 1 fully saturated rings. The maximum absolute atomic E-state index is 12.0. The number of para-hydroxylation sites is 1. The Morgan fingerprint density at radius 1 is 1.19 bits per heavy atom. The summed E-state index contributed by atoms with van der Waals surface area (Å²) in [5.74, 6) is -0.594. The monoisotopic (exact) mass is 290 g/mol. The van der Waals surface area contributed by atoms with Crippen LogP contribution in [0.3, 0.4) is 0 Å². The van der Waals surface area contributed by atoms with Gasteiger partial charge in [0.05, 0.1) is 24.9 Å². The van der Waals surface area contributed by atoms with E-state index in [1.807, 2.05) is 0 Å². The Balaban J connectivity index is 1.88. The van der Waals surface area contributed by atoms with Crippen molar-refractivity contribution in [2.24, 2.45) is 0 Å². The van der Waals surface area contributed by atoms with Crippen molar-refractivity contribution in [1.29, 1.82) is 0 Å². The lowest BCUT2D eigenvalue weighted by Gasteiger charge is -2.22. The molecular weight excluding hydrogens is 268 g/mol. The van der Waals surface area contributed by atoms with Gasteiger partial charge in [0, 0.05) is 6.04 Å². The number of carbonyl (C=O) groups is 2. The second-order valence-corrected chi connectivity index (χ2v) is 5.30. The predicted molar refractivity (Wildman–Crippen MR) is 81.3 cm³/mol. The van der Waals surface area contributed by atoms with E-state index < -0.39 is 5.97 Å². The van der Waals surface area contributed by atoms with Crippen LogP contribution in [0.2, 0.25) is 0 Å². The van der Waals surface area contributed by atoms with Gasteiger partial charge in [-0.25, -0.2) is 4.79 Å². The lowest BCUT2D eigenvalue weighted by atomic mass is 9.95. The molecule has 1 aliphatic rings. The summed E-state index contributed by atoms with van der Waals surface area (Å²) >= 11 is 0. The second-order valence-electron chi connectivity index (χ2n) is 5.30. The van der Waals surface area contributed by atoms with Crippen LogP contribution in [0.5, 0.6) is 0 Å². The van der Waals surface area contributed by atoms with Gasteiger partial charge in [-0.05, 0) is 25.0 Å². The highest BCUT2D eigenvalue weighted by Gasteiger charge is 2.16. The van der Waals surface area contributed by atoms with Gasteiger partial charge in [-0.2, -0.15) is 0 Å². The van der Waals surface area contributed by atoms with Gasteiger partial charge in [0.2, 0.25) is 5.91 Å². The zero-order valence-electron chi connectivity index (χ0n) is 12.4. The molecule has 5 nitrogen and oxygen atoms in total. The number of amides is 1. The fourth-order valence-corrected chi connectivity index (χ4v) is 2.62. The molecule has 0 heterocycles. The summed E-state index contributed by atoms with van der Waals surface area (Å²) in [5.41, 5.74) is 0.853. The van der Waals surface area contributed by atoms with Gasteiger partial charge in [-0.1, -0.05) is 31.4 Å². The molecule has 1 saturated carbocycles. The molecule has 1 aromatic carbocycles. The summed E-state index contributed by atoms with van der Waals surface area (Å²) in [6.07, 6.45) is 6.00. The number of benzene rings is 1. The normalized spacial score (nSPS) is 15.5. The molecule has 0 radical (unpaired) electrons. The molecule has 1 aromatic rings. The van der Waals surface area contributed by atoms with Crippen molar-refractivity contribution < 1.29 is 14.3 Å². The Morgan fingerprint density at radius 3 is 2.62 bits per heavy atom. The van der Waals surface area contributed by atoms with Crippen molar-refractivity contribution in [2.75, 3.05) is 19.0 Å². The first-order valence-corrected chi connectivity index (χ1v) is 7.41. The van der Waals surface area contributed by atoms with Gasteiger partial charge in [-0.15, -0.1) is 0 Å². The van der Waals surface area contributed by atoms with E-state index in [2.05, 4.69) is 10.6 Å². The van der Waals surface area contributed by atoms with Crippen LogP contribution in [0.25, 0.3) is 0 Å². The molecule has 0 bridgehead atoms. The number of methoxy groups -OCH3 is 1. The van der Waals surface area contributed by atoms with E-state index in [4.69, 9.17) is 4.74 Å². The minimum absolute atomic E-state index is 0.142. The summed E-state index contributed by atoms with van der Waals surface area (Å²) < 4.78 is 4.71. The molecule has 0 aromatic heterocycles. The molecule has 21 heavy (non-hydrogen) atoms. The van der Waals surface area contributed by atoms with Crippen molar-refractivity contribution in [2.45, 2.75) is 38.1 Å². The number of hydrogen-bond donors (Lipinski definition) is 2. The summed E-state index contributed by atoms with van der Waals surface area (Å²) in [4.78, 5) is 23.6. The average molecular weight is 290 g/mol. The van der Waals surface area contributed by atoms with Crippen molar-refractivity contribution in [3.8, 4) is 0 Å². The van der Waals surface area contributed by atoms with E-state index in [1.165, 1.54) is 26.4 Å². The lowest BCUT2D eigenvalue weighted by molar-refractivity contribution is -0.115. The first-order chi connectivity index (χ1) is 10.2. The molecule has 0 spiro atoms. The minimum atomic E-state index is -0.453. The average Bonchev–Trinajstić information content (AvgIpc) is 2.54. The van der Waals surface area contributed by atoms with Crippen LogP contribution < -0.4 is 10.6 Å². The van der Waals surface area contributed by atoms with Gasteiger partial charge >= 0.3 is 5.97 Å². The highest BCUT2D eigenvalue weighted by Crippen LogP contribution is 2.18. The number of nitrogens with one attached hydrogen (secondary N) is 2. The third-order valence-electron chi connectivity index (χ3n) is 3.76. The molecule has 114 valence electrons. The van der Waals surface area contributed by atoms with E-state index in [0.29, 0.717) is 17.3 Å². The number of ether oxygens (including phenoxy) is 1. The van der Waals surface area contributed by atoms with Crippen LogP contribution in [0.1, 0.15) is 42.5 Å². The highest BCUT2D eigenvalue weighted by molar-refractivity contribution is 6.01. The van der Waals surface area contributed by atoms with Crippen LogP contribution in [0.15, 0.2) is 24.3 Å². The van der Waals surface area contributed by atoms with Gasteiger partial charge < -0.3 is 15.4 Å². The molecule has 0 unspecified atom stereocenters. The molecule has 0 aliphatic heterocycles. The zero-order valence-corrected chi connectivity index (χ0v) is 12.4. The molecule has 0 saturated heterocycles. The van der Waals surface area contributed by atoms with Crippen LogP contribution in [-0.4, -0.2) is 31.6 Å². The molecule has 2 rings (SSSR count). The fraction of sp³-hybridized carbons (Fsp3) is 0.500. The third kappa shape index (κ3) is 4.56. The maximum atomic E-state index is 12.0. The Labute approximate surface area is 125 Å². The molecule has 5 heteroatoms. The Morgan fingerprint density at radius 2 is 1.90 bits per heavy atom. The molecule has 1 amide bonds. The zero-order chi connectivity index (χ0) is 15.1. The summed E-state index contributed by atoms with van der Waals surface area (Å²) in [6, 6.07) is 7.28. The number of rotatable bonds is 5. The highest BCUT2D eigenvalue weighted by atomic mass is 16.5. The van der Waals surface area contributed by atoms with Gasteiger partial charge in [0.1, 0.15) is 0 Å². The standard InChI is InChI=1S/C16H22N2O3/c1-21-16(20)13-9-5-6-10-14(13)18-15(19)11-17-12-7-3-2-4-8-12/h5-6,9-10,12,17H,2-4,7-8,11H2,1H3,(H,18,19). The third-order valence-corrected chi connectivity index (χ3v) is 3.76. The van der Waals surface area contributed by atoms with Crippen molar-refractivity contribution in [1.82, 2.24) is 5.32 Å². The maximum Gasteiger partial charge on any atom is 0.339 e. The fourth-order valence-electron chi connectivity index (χ4n) is 2.62. The Kier molecular flexibility index (Phi) is 5.75. The van der Waals surface area contributed by atoms with E-state index in [1.54, 1.807) is 24.3 Å². The van der Waals surface area contributed by atoms with Crippen LogP contribution in [0, 0.1) is 0 Å². The topological polar surface area (TPSA) is 67.4 Å². The molecular formula is C16H22N2O3. The van der Waals surface area contributed by atoms with Gasteiger partial charge in [0.15, 0.2) is 0 Å². The van der Waals surface area contributed by atoms with Crippen LogP contribution in [-0.2, 0) is 9.53 Å². The van der Waals surface area contributed by atoms with Crippen LogP contribution in [0.4, 0.5) is 5.69 Å². The Bertz CT molecular complexity index is 496. The minimum Gasteiger partial charge on any atom is -0.465 e. The van der Waals surface area contributed by atoms with Gasteiger partial charge in [-0.3, -0.25) is 4.79 Å². The van der Waals surface area contributed by atoms with Crippen molar-refractivity contribution in [3.63, 3.8) is 0 Å². The second kappa shape index (κ2) is 7.78. The first kappa shape index (κ1) is 15.5. The van der Waals surface area contributed by atoms with E-state index in [-0.39, 0.29) is 12.5 Å². The lowest BCUT2D eigenvalue weighted by Crippen LogP contribution is -2.37. The SMILES string of the molecule is COC(=O)c1ccccc1NC(=O)CNC1CCCCC1. The number of esters is 1. The number of anilines is 1. The predicted octanol–water partition coefficient (Wildman–Crippen LogP) is 2.33. The smallest absolute Gasteiger partial charge is 0.339 e. The van der Waals surface area contributed by atoms with Crippen LogP contribution >= 0.6 is 0 Å². The Hall–Kier alpha value is -1.88. The number of carbonyl (C=O) groups excluding carboxylic acids is 2. The number of hydrogen-bond acceptors (Lipinski definition) is 4. The summed E-state index contributed by atoms with van der Waals surface area (Å²) in [7, 11) is 1.32. The van der Waals surface area contributed by atoms with Crippen molar-refractivity contribution >= 4 is 17.6 Å². The van der Waals surface area contributed by atoms with Crippen molar-refractivity contribution in [3.05, 3.63) is 29.8 Å². The quantitative estimate of drug-likeness (QED) is 0.817. The largest absolute Gasteiger partial charge is 0.465 e. The first-order valence-electron chi connectivity index (χ1n) is 7.41. The molecule has 1 aliphatic carbocycles. The van der Waals surface area contributed by atoms with E-state index in [9.17, 15) is 9.59 Å². The molecule has 0 atom stereocenters.